The molecular weight excluding hydrogens is 539 g/mol. The second-order valence-electron chi connectivity index (χ2n) is 7.15. The lowest BCUT2D eigenvalue weighted by molar-refractivity contribution is -0.385. The normalized spacial score (nSPS) is 11.2. The number of nitro benzene ring substituents is 2. The average molecular weight is 554 g/mol. The van der Waals surface area contributed by atoms with Gasteiger partial charge in [0.25, 0.3) is 16.9 Å². The summed E-state index contributed by atoms with van der Waals surface area (Å²) in [5.41, 5.74) is 0.880. The van der Waals surface area contributed by atoms with Crippen molar-refractivity contribution < 1.29 is 9.85 Å². The van der Waals surface area contributed by atoms with Crippen LogP contribution in [0.15, 0.2) is 65.5 Å². The zero-order valence-corrected chi connectivity index (χ0v) is 19.3. The van der Waals surface area contributed by atoms with E-state index in [-0.39, 0.29) is 22.9 Å². The van der Waals surface area contributed by atoms with Gasteiger partial charge in [-0.05, 0) is 72.0 Å². The smallest absolute Gasteiger partial charge is 0.268 e. The first-order chi connectivity index (χ1) is 15.8. The minimum atomic E-state index is -0.510. The number of rotatable bonds is 5. The van der Waals surface area contributed by atoms with E-state index < -0.39 is 15.4 Å². The second-order valence-corrected chi connectivity index (χ2v) is 8.39. The van der Waals surface area contributed by atoms with E-state index in [1.54, 1.807) is 49.4 Å². The minimum absolute atomic E-state index is 0.0936. The van der Waals surface area contributed by atoms with Gasteiger partial charge in [0.2, 0.25) is 0 Å². The highest BCUT2D eigenvalue weighted by Crippen LogP contribution is 2.25. The van der Waals surface area contributed by atoms with Crippen LogP contribution >= 0.6 is 22.6 Å². The van der Waals surface area contributed by atoms with E-state index in [4.69, 9.17) is 0 Å². The molecule has 33 heavy (non-hydrogen) atoms. The summed E-state index contributed by atoms with van der Waals surface area (Å²) in [6.45, 7) is 1.61. The van der Waals surface area contributed by atoms with E-state index in [0.29, 0.717) is 22.0 Å². The Kier molecular flexibility index (Phi) is 6.01. The molecule has 0 amide bonds. The summed E-state index contributed by atoms with van der Waals surface area (Å²) in [5.74, 6) is 0.185. The Bertz CT molecular complexity index is 1530. The van der Waals surface area contributed by atoms with E-state index in [9.17, 15) is 25.0 Å². The van der Waals surface area contributed by atoms with Crippen molar-refractivity contribution in [1.82, 2.24) is 9.55 Å². The molecule has 0 fully saturated rings. The number of halogens is 1. The lowest BCUT2D eigenvalue weighted by Crippen LogP contribution is -2.22. The molecule has 0 aliphatic rings. The van der Waals surface area contributed by atoms with Gasteiger partial charge in [0.15, 0.2) is 0 Å². The summed E-state index contributed by atoms with van der Waals surface area (Å²) in [7, 11) is 0. The van der Waals surface area contributed by atoms with Crippen LogP contribution < -0.4 is 5.56 Å². The first-order valence-electron chi connectivity index (χ1n) is 9.65. The van der Waals surface area contributed by atoms with Crippen molar-refractivity contribution in [2.24, 2.45) is 0 Å². The Morgan fingerprint density at radius 2 is 1.67 bits per heavy atom. The topological polar surface area (TPSA) is 121 Å². The molecule has 9 nitrogen and oxygen atoms in total. The maximum absolute atomic E-state index is 13.5. The van der Waals surface area contributed by atoms with Crippen LogP contribution in [0.1, 0.15) is 17.0 Å². The summed E-state index contributed by atoms with van der Waals surface area (Å²) in [6, 6.07) is 15.9. The molecular formula is C23H15IN4O5. The Morgan fingerprint density at radius 3 is 2.39 bits per heavy atom. The standard InChI is InChI=1S/C23H15IN4O5/c1-14-6-9-17(13-21(14)28(32)33)26-22(11-7-15-4-2-3-5-20(15)27(30)31)25-19-10-8-16(24)12-18(19)23(26)29/h2-13H,1H3. The molecule has 0 N–H and O–H groups in total. The van der Waals surface area contributed by atoms with Crippen LogP contribution in [0.5, 0.6) is 0 Å². The van der Waals surface area contributed by atoms with Gasteiger partial charge in [-0.1, -0.05) is 18.2 Å². The molecule has 4 rings (SSSR count). The third-order valence-corrected chi connectivity index (χ3v) is 5.72. The van der Waals surface area contributed by atoms with Crippen molar-refractivity contribution in [2.75, 3.05) is 0 Å². The predicted octanol–water partition coefficient (Wildman–Crippen LogP) is 5.29. The van der Waals surface area contributed by atoms with E-state index >= 15 is 0 Å². The van der Waals surface area contributed by atoms with Crippen molar-refractivity contribution in [2.45, 2.75) is 6.92 Å². The van der Waals surface area contributed by atoms with Gasteiger partial charge in [0.1, 0.15) is 5.82 Å². The molecule has 1 heterocycles. The summed E-state index contributed by atoms with van der Waals surface area (Å²) in [4.78, 5) is 39.9. The molecule has 3 aromatic carbocycles. The molecule has 0 bridgehead atoms. The third kappa shape index (κ3) is 4.37. The summed E-state index contributed by atoms with van der Waals surface area (Å²) in [5, 5.41) is 23.2. The molecule has 1 aromatic heterocycles. The van der Waals surface area contributed by atoms with Crippen molar-refractivity contribution in [1.29, 1.82) is 0 Å². The molecule has 0 radical (unpaired) electrons. The molecule has 0 atom stereocenters. The molecule has 0 saturated heterocycles. The predicted molar refractivity (Wildman–Crippen MR) is 133 cm³/mol. The van der Waals surface area contributed by atoms with Gasteiger partial charge in [-0.3, -0.25) is 29.6 Å². The number of nitro groups is 2. The van der Waals surface area contributed by atoms with Crippen LogP contribution in [-0.4, -0.2) is 19.4 Å². The first-order valence-corrected chi connectivity index (χ1v) is 10.7. The molecule has 0 aliphatic heterocycles. The average Bonchev–Trinajstić information content (AvgIpc) is 2.79. The molecule has 164 valence electrons. The lowest BCUT2D eigenvalue weighted by atomic mass is 10.1. The molecule has 0 spiro atoms. The zero-order valence-electron chi connectivity index (χ0n) is 17.1. The summed E-state index contributed by atoms with van der Waals surface area (Å²) < 4.78 is 2.11. The van der Waals surface area contributed by atoms with Gasteiger partial charge >= 0.3 is 0 Å². The highest BCUT2D eigenvalue weighted by Gasteiger charge is 2.17. The number of aromatic nitrogens is 2. The monoisotopic (exact) mass is 554 g/mol. The number of hydrogen-bond acceptors (Lipinski definition) is 6. The first kappa shape index (κ1) is 22.3. The van der Waals surface area contributed by atoms with Gasteiger partial charge in [0.05, 0.1) is 32.0 Å². The van der Waals surface area contributed by atoms with Crippen molar-refractivity contribution in [3.05, 3.63) is 112 Å². The number of benzene rings is 3. The SMILES string of the molecule is Cc1ccc(-n2c(C=Cc3ccccc3[N+](=O)[O-])nc3ccc(I)cc3c2=O)cc1[N+](=O)[O-]. The van der Waals surface area contributed by atoms with Crippen molar-refractivity contribution in [3.63, 3.8) is 0 Å². The van der Waals surface area contributed by atoms with Crippen LogP contribution in [0.25, 0.3) is 28.7 Å². The second kappa shape index (κ2) is 8.90. The van der Waals surface area contributed by atoms with Gasteiger partial charge in [0, 0.05) is 21.3 Å². The molecule has 0 aliphatic carbocycles. The highest BCUT2D eigenvalue weighted by molar-refractivity contribution is 14.1. The molecule has 0 unspecified atom stereocenters. The summed E-state index contributed by atoms with van der Waals surface area (Å²) in [6.07, 6.45) is 2.99. The van der Waals surface area contributed by atoms with E-state index in [2.05, 4.69) is 27.6 Å². The Balaban J connectivity index is 2.00. The van der Waals surface area contributed by atoms with Gasteiger partial charge in [-0.15, -0.1) is 0 Å². The summed E-state index contributed by atoms with van der Waals surface area (Å²) >= 11 is 2.09. The number of fused-ring (bicyclic) bond motifs is 1. The minimum Gasteiger partial charge on any atom is -0.268 e. The van der Waals surface area contributed by atoms with Crippen LogP contribution in [0.3, 0.4) is 0 Å². The fourth-order valence-electron chi connectivity index (χ4n) is 3.43. The number of hydrogen-bond donors (Lipinski definition) is 0. The molecule has 0 saturated carbocycles. The Morgan fingerprint density at radius 1 is 0.939 bits per heavy atom. The van der Waals surface area contributed by atoms with Gasteiger partial charge in [-0.2, -0.15) is 0 Å². The largest absolute Gasteiger partial charge is 0.276 e. The fraction of sp³-hybridized carbons (Fsp3) is 0.0435. The van der Waals surface area contributed by atoms with Crippen LogP contribution in [0.2, 0.25) is 0 Å². The van der Waals surface area contributed by atoms with Crippen molar-refractivity contribution in [3.8, 4) is 5.69 Å². The number of aryl methyl sites for hydroxylation is 1. The van der Waals surface area contributed by atoms with E-state index in [0.717, 1.165) is 3.57 Å². The third-order valence-electron chi connectivity index (χ3n) is 5.05. The van der Waals surface area contributed by atoms with Crippen molar-refractivity contribution >= 4 is 57.0 Å². The Hall–Kier alpha value is -3.93. The van der Waals surface area contributed by atoms with Crippen LogP contribution in [0, 0.1) is 30.7 Å². The molecule has 10 heteroatoms. The maximum atomic E-state index is 13.5. The maximum Gasteiger partial charge on any atom is 0.276 e. The number of nitrogens with zero attached hydrogens (tertiary/aromatic N) is 4. The quantitative estimate of drug-likeness (QED) is 0.188. The fourth-order valence-corrected chi connectivity index (χ4v) is 3.92. The lowest BCUT2D eigenvalue weighted by Gasteiger charge is -2.12. The van der Waals surface area contributed by atoms with Gasteiger partial charge in [-0.25, -0.2) is 4.98 Å². The van der Waals surface area contributed by atoms with Crippen LogP contribution in [0.4, 0.5) is 11.4 Å². The molecule has 4 aromatic rings. The zero-order chi connectivity index (χ0) is 23.7. The van der Waals surface area contributed by atoms with E-state index in [1.165, 1.54) is 28.9 Å². The highest BCUT2D eigenvalue weighted by atomic mass is 127. The van der Waals surface area contributed by atoms with Gasteiger partial charge < -0.3 is 0 Å². The number of para-hydroxylation sites is 1. The van der Waals surface area contributed by atoms with Crippen LogP contribution in [-0.2, 0) is 0 Å². The Labute approximate surface area is 200 Å². The van der Waals surface area contributed by atoms with E-state index in [1.807, 2.05) is 6.07 Å².